The van der Waals surface area contributed by atoms with Crippen LogP contribution in [-0.4, -0.2) is 33.6 Å². The van der Waals surface area contributed by atoms with Crippen LogP contribution in [0.15, 0.2) is 17.0 Å². The summed E-state index contributed by atoms with van der Waals surface area (Å²) in [4.78, 5) is 12.3. The average Bonchev–Trinajstić information content (AvgIpc) is 2.41. The standard InChI is InChI=1S/C14H18ClNO4S/c1-9-6-12(21(15,18)19)7-13(10(9)2)14(17)16-11-4-3-5-20-8-11/h6-7,11H,3-5,8H2,1-2H3,(H,16,17). The van der Waals surface area contributed by atoms with Crippen LogP contribution in [0.1, 0.15) is 34.3 Å². The molecule has 116 valence electrons. The molecule has 1 aromatic carbocycles. The van der Waals surface area contributed by atoms with Crippen LogP contribution in [-0.2, 0) is 13.8 Å². The average molecular weight is 332 g/mol. The lowest BCUT2D eigenvalue weighted by Crippen LogP contribution is -2.40. The van der Waals surface area contributed by atoms with E-state index in [1.54, 1.807) is 13.8 Å². The fourth-order valence-corrected chi connectivity index (χ4v) is 3.16. The molecule has 1 heterocycles. The molecule has 0 saturated carbocycles. The number of ether oxygens (including phenoxy) is 1. The molecule has 2 rings (SSSR count). The Morgan fingerprint density at radius 1 is 1.38 bits per heavy atom. The van der Waals surface area contributed by atoms with Gasteiger partial charge in [0.2, 0.25) is 0 Å². The van der Waals surface area contributed by atoms with Gasteiger partial charge in [-0.2, -0.15) is 0 Å². The number of hydrogen-bond donors (Lipinski definition) is 1. The van der Waals surface area contributed by atoms with Crippen molar-refractivity contribution >= 4 is 25.6 Å². The van der Waals surface area contributed by atoms with E-state index in [1.165, 1.54) is 12.1 Å². The predicted octanol–water partition coefficient (Wildman–Crippen LogP) is 2.14. The van der Waals surface area contributed by atoms with Gasteiger partial charge in [0.25, 0.3) is 15.0 Å². The lowest BCUT2D eigenvalue weighted by Gasteiger charge is -2.23. The van der Waals surface area contributed by atoms with E-state index in [-0.39, 0.29) is 16.8 Å². The molecule has 21 heavy (non-hydrogen) atoms. The van der Waals surface area contributed by atoms with Gasteiger partial charge in [-0.3, -0.25) is 4.79 Å². The number of hydrogen-bond acceptors (Lipinski definition) is 4. The number of benzene rings is 1. The highest BCUT2D eigenvalue weighted by Gasteiger charge is 2.21. The van der Waals surface area contributed by atoms with Gasteiger partial charge in [-0.1, -0.05) is 0 Å². The van der Waals surface area contributed by atoms with Crippen molar-refractivity contribution in [3.05, 3.63) is 28.8 Å². The van der Waals surface area contributed by atoms with Gasteiger partial charge in [0, 0.05) is 22.9 Å². The summed E-state index contributed by atoms with van der Waals surface area (Å²) in [5.74, 6) is -0.298. The van der Waals surface area contributed by atoms with Crippen LogP contribution in [0.3, 0.4) is 0 Å². The number of carbonyl (C=O) groups excluding carboxylic acids is 1. The Kier molecular flexibility index (Phi) is 4.91. The Morgan fingerprint density at radius 2 is 2.10 bits per heavy atom. The van der Waals surface area contributed by atoms with Crippen molar-refractivity contribution in [1.82, 2.24) is 5.32 Å². The predicted molar refractivity (Wildman–Crippen MR) is 80.3 cm³/mol. The molecule has 0 aromatic heterocycles. The Bertz CT molecular complexity index is 651. The van der Waals surface area contributed by atoms with E-state index >= 15 is 0 Å². The summed E-state index contributed by atoms with van der Waals surface area (Å²) < 4.78 is 28.3. The highest BCUT2D eigenvalue weighted by Crippen LogP contribution is 2.23. The van der Waals surface area contributed by atoms with Crippen molar-refractivity contribution in [2.24, 2.45) is 0 Å². The van der Waals surface area contributed by atoms with E-state index < -0.39 is 9.05 Å². The summed E-state index contributed by atoms with van der Waals surface area (Å²) in [5.41, 5.74) is 1.79. The maximum Gasteiger partial charge on any atom is 0.261 e. The Morgan fingerprint density at radius 3 is 2.67 bits per heavy atom. The van der Waals surface area contributed by atoms with Crippen LogP contribution in [0, 0.1) is 13.8 Å². The number of rotatable bonds is 3. The van der Waals surface area contributed by atoms with Gasteiger partial charge >= 0.3 is 0 Å². The third-order valence-electron chi connectivity index (χ3n) is 3.66. The summed E-state index contributed by atoms with van der Waals surface area (Å²) >= 11 is 0. The molecular formula is C14H18ClNO4S. The third-order valence-corrected chi connectivity index (χ3v) is 5.00. The minimum atomic E-state index is -3.86. The fraction of sp³-hybridized carbons (Fsp3) is 0.500. The quantitative estimate of drug-likeness (QED) is 0.861. The van der Waals surface area contributed by atoms with Gasteiger partial charge in [-0.25, -0.2) is 8.42 Å². The molecule has 1 amide bonds. The van der Waals surface area contributed by atoms with Crippen LogP contribution >= 0.6 is 10.7 Å². The van der Waals surface area contributed by atoms with Crippen molar-refractivity contribution in [1.29, 1.82) is 0 Å². The minimum Gasteiger partial charge on any atom is -0.379 e. The molecule has 7 heteroatoms. The summed E-state index contributed by atoms with van der Waals surface area (Å²) in [6, 6.07) is 2.75. The second kappa shape index (κ2) is 6.34. The van der Waals surface area contributed by atoms with Crippen molar-refractivity contribution < 1.29 is 17.9 Å². The summed E-state index contributed by atoms with van der Waals surface area (Å²) in [6.45, 7) is 4.73. The molecule has 1 atom stereocenters. The Hall–Kier alpha value is -1.11. The zero-order chi connectivity index (χ0) is 15.6. The first kappa shape index (κ1) is 16.3. The second-order valence-corrected chi connectivity index (χ2v) is 7.80. The van der Waals surface area contributed by atoms with Crippen molar-refractivity contribution in [3.8, 4) is 0 Å². The molecule has 1 aliphatic rings. The van der Waals surface area contributed by atoms with E-state index in [1.807, 2.05) is 0 Å². The molecule has 0 radical (unpaired) electrons. The van der Waals surface area contributed by atoms with Crippen LogP contribution in [0.4, 0.5) is 0 Å². The van der Waals surface area contributed by atoms with E-state index in [0.29, 0.717) is 24.3 Å². The van der Waals surface area contributed by atoms with E-state index in [0.717, 1.165) is 18.4 Å². The maximum absolute atomic E-state index is 12.4. The molecule has 0 aliphatic carbocycles. The molecule has 1 aliphatic heterocycles. The Balaban J connectivity index is 2.29. The zero-order valence-corrected chi connectivity index (χ0v) is 13.6. The van der Waals surface area contributed by atoms with Gasteiger partial charge < -0.3 is 10.1 Å². The fourth-order valence-electron chi connectivity index (χ4n) is 2.32. The van der Waals surface area contributed by atoms with Gasteiger partial charge in [0.15, 0.2) is 0 Å². The molecule has 1 aromatic rings. The first-order valence-electron chi connectivity index (χ1n) is 6.73. The second-order valence-electron chi connectivity index (χ2n) is 5.24. The molecule has 0 bridgehead atoms. The van der Waals surface area contributed by atoms with Crippen LogP contribution in [0.5, 0.6) is 0 Å². The largest absolute Gasteiger partial charge is 0.379 e. The van der Waals surface area contributed by atoms with Gasteiger partial charge in [-0.15, -0.1) is 0 Å². The smallest absolute Gasteiger partial charge is 0.261 e. The summed E-state index contributed by atoms with van der Waals surface area (Å²) in [7, 11) is 1.51. The number of nitrogens with one attached hydrogen (secondary N) is 1. The van der Waals surface area contributed by atoms with Crippen molar-refractivity contribution in [2.75, 3.05) is 13.2 Å². The maximum atomic E-state index is 12.4. The zero-order valence-electron chi connectivity index (χ0n) is 12.0. The third kappa shape index (κ3) is 3.96. The molecule has 0 spiro atoms. The molecule has 5 nitrogen and oxygen atoms in total. The van der Waals surface area contributed by atoms with Gasteiger partial charge in [-0.05, 0) is 49.9 Å². The van der Waals surface area contributed by atoms with Crippen LogP contribution < -0.4 is 5.32 Å². The highest BCUT2D eigenvalue weighted by molar-refractivity contribution is 8.13. The van der Waals surface area contributed by atoms with Crippen molar-refractivity contribution in [2.45, 2.75) is 37.6 Å². The number of carbonyl (C=O) groups is 1. The monoisotopic (exact) mass is 331 g/mol. The van der Waals surface area contributed by atoms with Crippen LogP contribution in [0.25, 0.3) is 0 Å². The van der Waals surface area contributed by atoms with Gasteiger partial charge in [0.1, 0.15) is 0 Å². The SMILES string of the molecule is Cc1cc(S(=O)(=O)Cl)cc(C(=O)NC2CCCOC2)c1C. The van der Waals surface area contributed by atoms with Crippen molar-refractivity contribution in [3.63, 3.8) is 0 Å². The normalized spacial score (nSPS) is 19.3. The molecule has 1 saturated heterocycles. The number of amides is 1. The topological polar surface area (TPSA) is 72.5 Å². The molecule has 1 fully saturated rings. The van der Waals surface area contributed by atoms with Crippen LogP contribution in [0.2, 0.25) is 0 Å². The molecule has 1 unspecified atom stereocenters. The summed E-state index contributed by atoms with van der Waals surface area (Å²) in [5, 5.41) is 2.88. The van der Waals surface area contributed by atoms with Gasteiger partial charge in [0.05, 0.1) is 17.5 Å². The number of halogens is 1. The van der Waals surface area contributed by atoms with E-state index in [9.17, 15) is 13.2 Å². The first-order chi connectivity index (χ1) is 9.79. The van der Waals surface area contributed by atoms with E-state index in [2.05, 4.69) is 5.32 Å². The minimum absolute atomic E-state index is 0.0396. The summed E-state index contributed by atoms with van der Waals surface area (Å²) in [6.07, 6.45) is 1.76. The highest BCUT2D eigenvalue weighted by atomic mass is 35.7. The lowest BCUT2D eigenvalue weighted by atomic mass is 10.0. The first-order valence-corrected chi connectivity index (χ1v) is 9.04. The number of aryl methyl sites for hydroxylation is 1. The molecular weight excluding hydrogens is 314 g/mol. The Labute approximate surface area is 129 Å². The lowest BCUT2D eigenvalue weighted by molar-refractivity contribution is 0.0623. The van der Waals surface area contributed by atoms with E-state index in [4.69, 9.17) is 15.4 Å². The molecule has 1 N–H and O–H groups in total.